The molecule has 0 fully saturated rings. The number of carbonyl (C=O) groups excluding carboxylic acids is 1. The van der Waals surface area contributed by atoms with Gasteiger partial charge in [0.1, 0.15) is 16.5 Å². The quantitative estimate of drug-likeness (QED) is 0.319. The van der Waals surface area contributed by atoms with Crippen molar-refractivity contribution in [2.75, 3.05) is 10.6 Å². The highest BCUT2D eigenvalue weighted by molar-refractivity contribution is 6.34. The zero-order valence-corrected chi connectivity index (χ0v) is 15.3. The third-order valence-electron chi connectivity index (χ3n) is 3.73. The Bertz CT molecular complexity index is 831. The lowest BCUT2D eigenvalue weighted by atomic mass is 10.1. The van der Waals surface area contributed by atoms with Crippen molar-refractivity contribution in [3.8, 4) is 0 Å². The molecule has 4 nitrogen and oxygen atoms in total. The normalized spacial score (nSPS) is 10.6. The number of hydrogen-bond acceptors (Lipinski definition) is 4. The number of benzene rings is 2. The van der Waals surface area contributed by atoms with Crippen molar-refractivity contribution in [3.05, 3.63) is 88.7 Å². The maximum Gasteiger partial charge on any atom is 0.169 e. The van der Waals surface area contributed by atoms with Gasteiger partial charge in [-0.2, -0.15) is 0 Å². The van der Waals surface area contributed by atoms with E-state index in [-0.39, 0.29) is 28.7 Å². The minimum Gasteiger partial charge on any atom is -0.365 e. The van der Waals surface area contributed by atoms with Crippen LogP contribution in [0.1, 0.15) is 16.8 Å². The lowest BCUT2D eigenvalue weighted by Crippen LogP contribution is -2.31. The van der Waals surface area contributed by atoms with E-state index in [1.807, 2.05) is 60.7 Å². The van der Waals surface area contributed by atoms with Gasteiger partial charge >= 0.3 is 0 Å². The van der Waals surface area contributed by atoms with Crippen LogP contribution < -0.4 is 10.6 Å². The van der Waals surface area contributed by atoms with Gasteiger partial charge in [0.2, 0.25) is 0 Å². The number of halogens is 2. The minimum absolute atomic E-state index is 0.112. The molecule has 0 aliphatic heterocycles. The summed E-state index contributed by atoms with van der Waals surface area (Å²) in [6, 6.07) is 22.6. The van der Waals surface area contributed by atoms with Crippen LogP contribution in [0.15, 0.2) is 72.8 Å². The molecular formula is C20H17Cl2N3O. The Morgan fingerprint density at radius 1 is 0.846 bits per heavy atom. The van der Waals surface area contributed by atoms with E-state index >= 15 is 0 Å². The van der Waals surface area contributed by atoms with Gasteiger partial charge in [-0.1, -0.05) is 59.6 Å². The molecule has 1 aromatic heterocycles. The van der Waals surface area contributed by atoms with Gasteiger partial charge in [-0.3, -0.25) is 4.79 Å². The molecule has 2 N–H and O–H groups in total. The van der Waals surface area contributed by atoms with Crippen LogP contribution in [0.5, 0.6) is 0 Å². The van der Waals surface area contributed by atoms with E-state index in [1.165, 1.54) is 0 Å². The summed E-state index contributed by atoms with van der Waals surface area (Å²) < 4.78 is 0. The smallest absolute Gasteiger partial charge is 0.169 e. The number of anilines is 2. The molecular weight excluding hydrogens is 369 g/mol. The number of aromatic nitrogens is 1. The van der Waals surface area contributed by atoms with Gasteiger partial charge in [0, 0.05) is 17.8 Å². The fraction of sp³-hybridized carbons (Fsp3) is 0.100. The van der Waals surface area contributed by atoms with Crippen LogP contribution in [0.3, 0.4) is 0 Å². The van der Waals surface area contributed by atoms with Crippen LogP contribution in [-0.2, 0) is 0 Å². The topological polar surface area (TPSA) is 54.0 Å². The third-order valence-corrected chi connectivity index (χ3v) is 4.23. The van der Waals surface area contributed by atoms with Crippen molar-refractivity contribution in [3.63, 3.8) is 0 Å². The zero-order valence-electron chi connectivity index (χ0n) is 13.8. The van der Waals surface area contributed by atoms with Crippen LogP contribution in [0, 0.1) is 0 Å². The van der Waals surface area contributed by atoms with Crippen molar-refractivity contribution in [1.82, 2.24) is 4.98 Å². The Kier molecular flexibility index (Phi) is 6.10. The predicted octanol–water partition coefficient (Wildman–Crippen LogP) is 5.51. The molecule has 1 heterocycles. The number of carbonyl (C=O) groups is 1. The van der Waals surface area contributed by atoms with Crippen molar-refractivity contribution < 1.29 is 4.79 Å². The molecule has 0 unspecified atom stereocenters. The van der Waals surface area contributed by atoms with Gasteiger partial charge in [0.15, 0.2) is 5.78 Å². The summed E-state index contributed by atoms with van der Waals surface area (Å²) in [6.07, 6.45) is -0.133. The summed E-state index contributed by atoms with van der Waals surface area (Å²) in [5.41, 5.74) is 2.17. The van der Waals surface area contributed by atoms with E-state index < -0.39 is 0 Å². The Balaban J connectivity index is 1.79. The number of rotatable bonds is 7. The number of nitrogens with one attached hydrogen (secondary N) is 2. The summed E-state index contributed by atoms with van der Waals surface area (Å²) in [5, 5.41) is 7.04. The Morgan fingerprint density at radius 2 is 1.38 bits per heavy atom. The fourth-order valence-electron chi connectivity index (χ4n) is 2.52. The van der Waals surface area contributed by atoms with Gasteiger partial charge in [-0.15, -0.1) is 0 Å². The van der Waals surface area contributed by atoms with Gasteiger partial charge in [0.25, 0.3) is 0 Å². The van der Waals surface area contributed by atoms with Crippen molar-refractivity contribution in [2.24, 2.45) is 0 Å². The van der Waals surface area contributed by atoms with Crippen LogP contribution in [0.4, 0.5) is 11.4 Å². The van der Waals surface area contributed by atoms with E-state index in [2.05, 4.69) is 15.6 Å². The molecule has 0 radical (unpaired) electrons. The van der Waals surface area contributed by atoms with E-state index in [4.69, 9.17) is 23.2 Å². The van der Waals surface area contributed by atoms with Gasteiger partial charge in [-0.25, -0.2) is 4.98 Å². The van der Waals surface area contributed by atoms with Crippen molar-refractivity contribution in [2.45, 2.75) is 12.6 Å². The molecule has 6 heteroatoms. The average molecular weight is 386 g/mol. The SMILES string of the molecule is O=C(CC(Nc1ccccc1)Nc1ccccc1)c1ccc(Cl)nc1Cl. The van der Waals surface area contributed by atoms with Crippen LogP contribution in [0.2, 0.25) is 10.3 Å². The molecule has 0 aliphatic rings. The number of hydrogen-bond donors (Lipinski definition) is 2. The van der Waals surface area contributed by atoms with E-state index in [9.17, 15) is 4.79 Å². The number of para-hydroxylation sites is 2. The van der Waals surface area contributed by atoms with E-state index in [1.54, 1.807) is 12.1 Å². The molecule has 2 aromatic carbocycles. The second-order valence-corrected chi connectivity index (χ2v) is 6.42. The second kappa shape index (κ2) is 8.70. The Hall–Kier alpha value is -2.56. The molecule has 0 saturated heterocycles. The summed E-state index contributed by atoms with van der Waals surface area (Å²) in [6.45, 7) is 0. The zero-order chi connectivity index (χ0) is 18.4. The van der Waals surface area contributed by atoms with E-state index in [0.717, 1.165) is 11.4 Å². The van der Waals surface area contributed by atoms with E-state index in [0.29, 0.717) is 5.56 Å². The second-order valence-electron chi connectivity index (χ2n) is 5.67. The molecule has 3 aromatic rings. The molecule has 132 valence electrons. The predicted molar refractivity (Wildman–Crippen MR) is 107 cm³/mol. The van der Waals surface area contributed by atoms with Crippen LogP contribution in [-0.4, -0.2) is 16.9 Å². The first-order chi connectivity index (χ1) is 12.6. The van der Waals surface area contributed by atoms with Gasteiger partial charge in [-0.05, 0) is 36.4 Å². The molecule has 0 bridgehead atoms. The first-order valence-electron chi connectivity index (χ1n) is 8.10. The molecule has 0 spiro atoms. The lowest BCUT2D eigenvalue weighted by molar-refractivity contribution is 0.0979. The molecule has 0 saturated carbocycles. The first kappa shape index (κ1) is 18.2. The monoisotopic (exact) mass is 385 g/mol. The fourth-order valence-corrected chi connectivity index (χ4v) is 2.97. The number of ketones is 1. The largest absolute Gasteiger partial charge is 0.365 e. The molecule has 0 atom stereocenters. The van der Waals surface area contributed by atoms with Crippen molar-refractivity contribution >= 4 is 40.4 Å². The van der Waals surface area contributed by atoms with Crippen LogP contribution >= 0.6 is 23.2 Å². The summed E-state index contributed by atoms with van der Waals surface area (Å²) in [5.74, 6) is -0.129. The highest BCUT2D eigenvalue weighted by Crippen LogP contribution is 2.20. The summed E-state index contributed by atoms with van der Waals surface area (Å²) in [4.78, 5) is 16.7. The maximum atomic E-state index is 12.7. The summed E-state index contributed by atoms with van der Waals surface area (Å²) in [7, 11) is 0. The highest BCUT2D eigenvalue weighted by Gasteiger charge is 2.18. The number of Topliss-reactive ketones (excluding diaryl/α,β-unsaturated/α-hetero) is 1. The number of pyridine rings is 1. The molecule has 0 aliphatic carbocycles. The van der Waals surface area contributed by atoms with Gasteiger partial charge < -0.3 is 10.6 Å². The molecule has 0 amide bonds. The number of nitrogens with zero attached hydrogens (tertiary/aromatic N) is 1. The Morgan fingerprint density at radius 3 is 1.88 bits per heavy atom. The lowest BCUT2D eigenvalue weighted by Gasteiger charge is -2.22. The molecule has 3 rings (SSSR count). The maximum absolute atomic E-state index is 12.7. The minimum atomic E-state index is -0.320. The first-order valence-corrected chi connectivity index (χ1v) is 8.86. The molecule has 26 heavy (non-hydrogen) atoms. The standard InChI is InChI=1S/C20H17Cl2N3O/c21-18-12-11-16(20(22)25-18)17(26)13-19(23-14-7-3-1-4-8-14)24-15-9-5-2-6-10-15/h1-12,19,23-24H,13H2. The van der Waals surface area contributed by atoms with Gasteiger partial charge in [0.05, 0.1) is 5.56 Å². The Labute approximate surface area is 162 Å². The average Bonchev–Trinajstić information content (AvgIpc) is 2.63. The van der Waals surface area contributed by atoms with Crippen LogP contribution in [0.25, 0.3) is 0 Å². The third kappa shape index (κ3) is 4.97. The highest BCUT2D eigenvalue weighted by atomic mass is 35.5. The van der Waals surface area contributed by atoms with Crippen molar-refractivity contribution in [1.29, 1.82) is 0 Å². The summed E-state index contributed by atoms with van der Waals surface area (Å²) >= 11 is 11.9.